The van der Waals surface area contributed by atoms with Crippen LogP contribution in [0.3, 0.4) is 0 Å². The molecule has 1 saturated carbocycles. The van der Waals surface area contributed by atoms with E-state index in [1.807, 2.05) is 13.8 Å². The molecule has 4 nitrogen and oxygen atoms in total. The minimum absolute atomic E-state index is 0.116. The zero-order valence-corrected chi connectivity index (χ0v) is 11.6. The second-order valence-corrected chi connectivity index (χ2v) is 6.28. The molecule has 0 spiro atoms. The number of hydrogen-bond acceptors (Lipinski definition) is 4. The van der Waals surface area contributed by atoms with E-state index in [2.05, 4.69) is 6.92 Å². The molecule has 0 bridgehead atoms. The van der Waals surface area contributed by atoms with Crippen LogP contribution in [0.15, 0.2) is 11.1 Å². The molecule has 0 aromatic rings. The smallest absolute Gasteiger partial charge is 0.309 e. The van der Waals surface area contributed by atoms with Crippen molar-refractivity contribution in [1.82, 2.24) is 0 Å². The third-order valence-corrected chi connectivity index (χ3v) is 5.23. The number of esters is 1. The third-order valence-electron chi connectivity index (χ3n) is 5.23. The van der Waals surface area contributed by atoms with Crippen LogP contribution < -0.4 is 0 Å². The number of hydrogen-bond donors (Lipinski definition) is 1. The Kier molecular flexibility index (Phi) is 2.82. The first-order chi connectivity index (χ1) is 8.91. The van der Waals surface area contributed by atoms with Crippen molar-refractivity contribution in [3.63, 3.8) is 0 Å². The lowest BCUT2D eigenvalue weighted by atomic mass is 9.80. The van der Waals surface area contributed by atoms with Crippen LogP contribution in [-0.4, -0.2) is 29.1 Å². The maximum atomic E-state index is 11.9. The summed E-state index contributed by atoms with van der Waals surface area (Å²) in [5, 5.41) is 10.7. The first kappa shape index (κ1) is 12.9. The molecule has 3 aliphatic rings. The number of ether oxygens (including phenoxy) is 1. The second kappa shape index (κ2) is 4.17. The Hall–Kier alpha value is -1.16. The summed E-state index contributed by atoms with van der Waals surface area (Å²) in [6.45, 7) is 5.74. The van der Waals surface area contributed by atoms with Crippen LogP contribution in [0.4, 0.5) is 0 Å². The molecule has 4 heteroatoms. The quantitative estimate of drug-likeness (QED) is 0.673. The highest BCUT2D eigenvalue weighted by molar-refractivity contribution is 5.98. The van der Waals surface area contributed by atoms with Crippen LogP contribution in [0.25, 0.3) is 0 Å². The molecule has 19 heavy (non-hydrogen) atoms. The van der Waals surface area contributed by atoms with E-state index in [1.165, 1.54) is 0 Å². The predicted molar refractivity (Wildman–Crippen MR) is 68.1 cm³/mol. The molecular weight excluding hydrogens is 244 g/mol. The van der Waals surface area contributed by atoms with Gasteiger partial charge in [-0.05, 0) is 24.8 Å². The molecule has 1 N–H and O–H groups in total. The predicted octanol–water partition coefficient (Wildman–Crippen LogP) is 1.47. The second-order valence-electron chi connectivity index (χ2n) is 6.28. The summed E-state index contributed by atoms with van der Waals surface area (Å²) in [5.74, 6) is -0.440. The Bertz CT molecular complexity index is 479. The van der Waals surface area contributed by atoms with E-state index in [1.54, 1.807) is 0 Å². The van der Waals surface area contributed by atoms with Gasteiger partial charge >= 0.3 is 5.97 Å². The van der Waals surface area contributed by atoms with E-state index >= 15 is 0 Å². The minimum atomic E-state index is -0.646. The average molecular weight is 264 g/mol. The van der Waals surface area contributed by atoms with E-state index in [4.69, 9.17) is 4.74 Å². The Morgan fingerprint density at radius 2 is 1.95 bits per heavy atom. The molecule has 1 saturated heterocycles. The van der Waals surface area contributed by atoms with E-state index < -0.39 is 6.10 Å². The van der Waals surface area contributed by atoms with Crippen LogP contribution in [0, 0.1) is 23.7 Å². The number of Topliss-reactive ketones (excluding diaryl/α,β-unsaturated/α-hetero) is 1. The molecule has 0 aromatic carbocycles. The van der Waals surface area contributed by atoms with Crippen LogP contribution in [0.1, 0.15) is 33.6 Å². The highest BCUT2D eigenvalue weighted by Gasteiger charge is 2.53. The van der Waals surface area contributed by atoms with E-state index in [0.29, 0.717) is 12.8 Å². The van der Waals surface area contributed by atoms with Crippen molar-refractivity contribution >= 4 is 11.8 Å². The molecule has 3 rings (SSSR count). The van der Waals surface area contributed by atoms with Gasteiger partial charge in [0, 0.05) is 18.3 Å². The van der Waals surface area contributed by atoms with Crippen LogP contribution >= 0.6 is 0 Å². The van der Waals surface area contributed by atoms with Crippen molar-refractivity contribution in [2.45, 2.75) is 45.8 Å². The van der Waals surface area contributed by atoms with Crippen LogP contribution in [0.2, 0.25) is 0 Å². The molecule has 104 valence electrons. The molecule has 6 atom stereocenters. The van der Waals surface area contributed by atoms with Gasteiger partial charge in [0.1, 0.15) is 6.10 Å². The number of aliphatic hydroxyl groups excluding tert-OH is 1. The van der Waals surface area contributed by atoms with E-state index in [0.717, 1.165) is 11.1 Å². The first-order valence-electron chi connectivity index (χ1n) is 7.04. The minimum Gasteiger partial charge on any atom is -0.462 e. The highest BCUT2D eigenvalue weighted by Crippen LogP contribution is 2.48. The Labute approximate surface area is 112 Å². The molecule has 0 aromatic heterocycles. The SMILES string of the molecule is CC1=C2[C@@H](C)C[C@@H]3OC(=O)[C@@H](C)[C@H]3[C@H](O)[C@H]2CC1=O. The maximum Gasteiger partial charge on any atom is 0.309 e. The molecule has 0 radical (unpaired) electrons. The van der Waals surface area contributed by atoms with Crippen LogP contribution in [0.5, 0.6) is 0 Å². The normalized spacial score (nSPS) is 45.9. The average Bonchev–Trinajstić information content (AvgIpc) is 2.75. The fourth-order valence-corrected chi connectivity index (χ4v) is 4.22. The molecule has 1 heterocycles. The number of fused-ring (bicyclic) bond motifs is 2. The van der Waals surface area contributed by atoms with E-state index in [9.17, 15) is 14.7 Å². The van der Waals surface area contributed by atoms with Gasteiger partial charge in [-0.1, -0.05) is 19.4 Å². The summed E-state index contributed by atoms with van der Waals surface area (Å²) in [4.78, 5) is 23.6. The van der Waals surface area contributed by atoms with Gasteiger partial charge in [-0.3, -0.25) is 9.59 Å². The fraction of sp³-hybridized carbons (Fsp3) is 0.733. The van der Waals surface area contributed by atoms with Gasteiger partial charge in [-0.2, -0.15) is 0 Å². The molecule has 1 aliphatic heterocycles. The molecule has 2 aliphatic carbocycles. The lowest BCUT2D eigenvalue weighted by Crippen LogP contribution is -2.35. The van der Waals surface area contributed by atoms with E-state index in [-0.39, 0.29) is 41.5 Å². The van der Waals surface area contributed by atoms with Crippen molar-refractivity contribution in [2.24, 2.45) is 23.7 Å². The summed E-state index contributed by atoms with van der Waals surface area (Å²) in [6.07, 6.45) is 0.256. The largest absolute Gasteiger partial charge is 0.462 e. The van der Waals surface area contributed by atoms with Crippen molar-refractivity contribution in [3.8, 4) is 0 Å². The van der Waals surface area contributed by atoms with Crippen molar-refractivity contribution < 1.29 is 19.4 Å². The van der Waals surface area contributed by atoms with Gasteiger partial charge in [0.15, 0.2) is 5.78 Å². The molecule has 0 amide bonds. The Morgan fingerprint density at radius 3 is 2.63 bits per heavy atom. The summed E-state index contributed by atoms with van der Waals surface area (Å²) in [5.41, 5.74) is 1.91. The van der Waals surface area contributed by atoms with Gasteiger partial charge in [0.05, 0.1) is 12.0 Å². The monoisotopic (exact) mass is 264 g/mol. The summed E-state index contributed by atoms with van der Waals surface area (Å²) < 4.78 is 5.42. The number of allylic oxidation sites excluding steroid dienone is 1. The zero-order valence-electron chi connectivity index (χ0n) is 11.6. The number of rotatable bonds is 0. The number of carbonyl (C=O) groups excluding carboxylic acids is 2. The zero-order chi connectivity index (χ0) is 13.9. The first-order valence-corrected chi connectivity index (χ1v) is 7.04. The van der Waals surface area contributed by atoms with Gasteiger partial charge in [-0.15, -0.1) is 0 Å². The van der Waals surface area contributed by atoms with Crippen molar-refractivity contribution in [1.29, 1.82) is 0 Å². The molecule has 0 unspecified atom stereocenters. The summed E-state index contributed by atoms with van der Waals surface area (Å²) in [7, 11) is 0. The van der Waals surface area contributed by atoms with Gasteiger partial charge in [0.25, 0.3) is 0 Å². The van der Waals surface area contributed by atoms with Crippen molar-refractivity contribution in [3.05, 3.63) is 11.1 Å². The lowest BCUT2D eigenvalue weighted by Gasteiger charge is -2.26. The Morgan fingerprint density at radius 1 is 1.26 bits per heavy atom. The maximum absolute atomic E-state index is 11.9. The topological polar surface area (TPSA) is 63.6 Å². The third kappa shape index (κ3) is 1.69. The number of aliphatic hydroxyl groups is 1. The standard InChI is InChI=1S/C15H20O4/c1-6-4-11-13(8(3)15(18)19-11)14(17)9-5-10(16)7(2)12(6)9/h6,8-9,11,13-14,17H,4-5H2,1-3H3/t6-,8-,9-,11-,13+,14+/m0/s1. The number of carbonyl (C=O) groups is 2. The summed E-state index contributed by atoms with van der Waals surface area (Å²) >= 11 is 0. The van der Waals surface area contributed by atoms with Gasteiger partial charge in [0.2, 0.25) is 0 Å². The van der Waals surface area contributed by atoms with Crippen molar-refractivity contribution in [2.75, 3.05) is 0 Å². The van der Waals surface area contributed by atoms with Crippen LogP contribution in [-0.2, 0) is 14.3 Å². The van der Waals surface area contributed by atoms with Gasteiger partial charge < -0.3 is 9.84 Å². The van der Waals surface area contributed by atoms with Gasteiger partial charge in [-0.25, -0.2) is 0 Å². The molecular formula is C15H20O4. The summed E-state index contributed by atoms with van der Waals surface area (Å²) in [6, 6.07) is 0. The Balaban J connectivity index is 2.02. The lowest BCUT2D eigenvalue weighted by molar-refractivity contribution is -0.144. The molecule has 2 fully saturated rings. The number of ketones is 1. The highest BCUT2D eigenvalue weighted by atomic mass is 16.6. The fourth-order valence-electron chi connectivity index (χ4n) is 4.22.